The monoisotopic (exact) mass is 293 g/mol. The van der Waals surface area contributed by atoms with Crippen LogP contribution in [-0.4, -0.2) is 31.6 Å². The van der Waals surface area contributed by atoms with Gasteiger partial charge in [0.25, 0.3) is 0 Å². The summed E-state index contributed by atoms with van der Waals surface area (Å²) in [4.78, 5) is 23.0. The van der Waals surface area contributed by atoms with Crippen molar-refractivity contribution in [3.05, 3.63) is 23.8 Å². The van der Waals surface area contributed by atoms with E-state index in [0.29, 0.717) is 24.6 Å². The molecule has 1 aromatic rings. The average molecular weight is 293 g/mol. The second kappa shape index (κ2) is 8.84. The van der Waals surface area contributed by atoms with Crippen molar-refractivity contribution in [1.82, 2.24) is 10.6 Å². The van der Waals surface area contributed by atoms with Gasteiger partial charge in [0.2, 0.25) is 5.91 Å². The molecule has 1 rings (SSSR count). The van der Waals surface area contributed by atoms with Crippen molar-refractivity contribution >= 4 is 17.6 Å². The Labute approximate surface area is 125 Å². The van der Waals surface area contributed by atoms with Gasteiger partial charge >= 0.3 is 6.03 Å². The Morgan fingerprint density at radius 3 is 2.62 bits per heavy atom. The van der Waals surface area contributed by atoms with E-state index in [2.05, 4.69) is 16.0 Å². The lowest BCUT2D eigenvalue weighted by Gasteiger charge is -2.13. The lowest BCUT2D eigenvalue weighted by atomic mass is 10.2. The summed E-state index contributed by atoms with van der Waals surface area (Å²) in [5.41, 5.74) is 1.64. The molecule has 0 heterocycles. The van der Waals surface area contributed by atoms with E-state index >= 15 is 0 Å². The molecule has 0 aliphatic heterocycles. The normalized spacial score (nSPS) is 9.86. The van der Waals surface area contributed by atoms with Crippen LogP contribution in [0.1, 0.15) is 25.8 Å². The minimum Gasteiger partial charge on any atom is -0.491 e. The molecule has 1 aromatic carbocycles. The molecule has 0 radical (unpaired) electrons. The molecule has 3 amide bonds. The van der Waals surface area contributed by atoms with Gasteiger partial charge in [-0.05, 0) is 38.0 Å². The van der Waals surface area contributed by atoms with Crippen LogP contribution in [0.5, 0.6) is 5.75 Å². The van der Waals surface area contributed by atoms with Crippen molar-refractivity contribution in [1.29, 1.82) is 0 Å². The van der Waals surface area contributed by atoms with Crippen LogP contribution in [0.3, 0.4) is 0 Å². The molecule has 116 valence electrons. The van der Waals surface area contributed by atoms with Crippen LogP contribution in [-0.2, 0) is 4.79 Å². The Hall–Kier alpha value is -2.24. The summed E-state index contributed by atoms with van der Waals surface area (Å²) in [5.74, 6) is 0.407. The second-order valence-electron chi connectivity index (χ2n) is 4.61. The summed E-state index contributed by atoms with van der Waals surface area (Å²) >= 11 is 0. The van der Waals surface area contributed by atoms with Gasteiger partial charge in [-0.15, -0.1) is 0 Å². The molecule has 0 aliphatic rings. The smallest absolute Gasteiger partial charge is 0.319 e. The van der Waals surface area contributed by atoms with Gasteiger partial charge in [0, 0.05) is 6.54 Å². The molecule has 0 atom stereocenters. The number of amides is 3. The van der Waals surface area contributed by atoms with Crippen molar-refractivity contribution in [3.63, 3.8) is 0 Å². The van der Waals surface area contributed by atoms with Gasteiger partial charge in [-0.25, -0.2) is 4.79 Å². The van der Waals surface area contributed by atoms with E-state index in [4.69, 9.17) is 4.74 Å². The van der Waals surface area contributed by atoms with Crippen molar-refractivity contribution < 1.29 is 14.3 Å². The zero-order valence-corrected chi connectivity index (χ0v) is 12.8. The maximum absolute atomic E-state index is 11.8. The largest absolute Gasteiger partial charge is 0.491 e. The third-order valence-electron chi connectivity index (χ3n) is 2.63. The zero-order valence-electron chi connectivity index (χ0n) is 12.8. The standard InChI is InChI=1S/C15H23N3O3/c1-4-8-21-13-9-11(3)6-7-12(13)18-15(20)17-10-14(19)16-5-2/h6-7,9H,4-5,8,10H2,1-3H3,(H,16,19)(H2,17,18,20). The van der Waals surface area contributed by atoms with Gasteiger partial charge in [-0.3, -0.25) is 4.79 Å². The molecule has 0 spiro atoms. The van der Waals surface area contributed by atoms with Gasteiger partial charge < -0.3 is 20.7 Å². The van der Waals surface area contributed by atoms with Crippen molar-refractivity contribution in [2.45, 2.75) is 27.2 Å². The molecule has 6 heteroatoms. The highest BCUT2D eigenvalue weighted by atomic mass is 16.5. The quantitative estimate of drug-likeness (QED) is 0.720. The molecule has 0 saturated heterocycles. The second-order valence-corrected chi connectivity index (χ2v) is 4.61. The summed E-state index contributed by atoms with van der Waals surface area (Å²) in [6.45, 7) is 6.85. The van der Waals surface area contributed by atoms with E-state index in [1.807, 2.05) is 32.9 Å². The number of carbonyl (C=O) groups excluding carboxylic acids is 2. The van der Waals surface area contributed by atoms with Crippen LogP contribution < -0.4 is 20.7 Å². The van der Waals surface area contributed by atoms with Crippen LogP contribution in [0.15, 0.2) is 18.2 Å². The Balaban J connectivity index is 2.60. The summed E-state index contributed by atoms with van der Waals surface area (Å²) in [6, 6.07) is 5.10. The fourth-order valence-corrected chi connectivity index (χ4v) is 1.65. The summed E-state index contributed by atoms with van der Waals surface area (Å²) in [7, 11) is 0. The van der Waals surface area contributed by atoms with Crippen LogP contribution in [0, 0.1) is 6.92 Å². The molecular formula is C15H23N3O3. The number of hydrogen-bond acceptors (Lipinski definition) is 3. The fraction of sp³-hybridized carbons (Fsp3) is 0.467. The van der Waals surface area contributed by atoms with E-state index in [1.54, 1.807) is 6.07 Å². The first-order chi connectivity index (χ1) is 10.1. The Bertz CT molecular complexity index is 489. The van der Waals surface area contributed by atoms with Crippen LogP contribution in [0.25, 0.3) is 0 Å². The lowest BCUT2D eigenvalue weighted by molar-refractivity contribution is -0.119. The molecule has 0 saturated carbocycles. The zero-order chi connectivity index (χ0) is 15.7. The Morgan fingerprint density at radius 2 is 1.95 bits per heavy atom. The number of anilines is 1. The topological polar surface area (TPSA) is 79.5 Å². The van der Waals surface area contributed by atoms with E-state index in [1.165, 1.54) is 0 Å². The fourth-order valence-electron chi connectivity index (χ4n) is 1.65. The number of carbonyl (C=O) groups is 2. The van der Waals surface area contributed by atoms with Crippen molar-refractivity contribution in [2.75, 3.05) is 25.0 Å². The maximum atomic E-state index is 11.8. The van der Waals surface area contributed by atoms with Gasteiger partial charge in [0.05, 0.1) is 18.8 Å². The highest BCUT2D eigenvalue weighted by molar-refractivity contribution is 5.93. The Morgan fingerprint density at radius 1 is 1.19 bits per heavy atom. The van der Waals surface area contributed by atoms with Crippen LogP contribution in [0.2, 0.25) is 0 Å². The maximum Gasteiger partial charge on any atom is 0.319 e. The third kappa shape index (κ3) is 6.16. The highest BCUT2D eigenvalue weighted by Crippen LogP contribution is 2.25. The number of hydrogen-bond donors (Lipinski definition) is 3. The molecule has 21 heavy (non-hydrogen) atoms. The predicted octanol–water partition coefficient (Wildman–Crippen LogP) is 2.04. The minimum absolute atomic E-state index is 0.0588. The predicted molar refractivity (Wildman–Crippen MR) is 82.7 cm³/mol. The summed E-state index contributed by atoms with van der Waals surface area (Å²) in [6.07, 6.45) is 0.886. The van der Waals surface area contributed by atoms with E-state index < -0.39 is 6.03 Å². The van der Waals surface area contributed by atoms with Gasteiger partial charge in [-0.2, -0.15) is 0 Å². The lowest BCUT2D eigenvalue weighted by Crippen LogP contribution is -2.38. The minimum atomic E-state index is -0.438. The first-order valence-corrected chi connectivity index (χ1v) is 7.11. The molecular weight excluding hydrogens is 270 g/mol. The number of urea groups is 1. The highest BCUT2D eigenvalue weighted by Gasteiger charge is 2.09. The molecule has 0 unspecified atom stereocenters. The van der Waals surface area contributed by atoms with E-state index in [0.717, 1.165) is 12.0 Å². The summed E-state index contributed by atoms with van der Waals surface area (Å²) < 4.78 is 5.61. The molecule has 0 aromatic heterocycles. The van der Waals surface area contributed by atoms with Crippen molar-refractivity contribution in [3.8, 4) is 5.75 Å². The number of benzene rings is 1. The SMILES string of the molecule is CCCOc1cc(C)ccc1NC(=O)NCC(=O)NCC. The number of nitrogens with one attached hydrogen (secondary N) is 3. The molecule has 0 aliphatic carbocycles. The summed E-state index contributed by atoms with van der Waals surface area (Å²) in [5, 5.41) is 7.79. The van der Waals surface area contributed by atoms with Gasteiger partial charge in [0.1, 0.15) is 5.75 Å². The number of aryl methyl sites for hydroxylation is 1. The molecule has 0 fully saturated rings. The van der Waals surface area contributed by atoms with Gasteiger partial charge in [-0.1, -0.05) is 13.0 Å². The Kier molecular flexibility index (Phi) is 7.08. The van der Waals surface area contributed by atoms with Crippen molar-refractivity contribution in [2.24, 2.45) is 0 Å². The molecule has 3 N–H and O–H groups in total. The first kappa shape index (κ1) is 16.8. The average Bonchev–Trinajstić information content (AvgIpc) is 2.45. The van der Waals surface area contributed by atoms with E-state index in [-0.39, 0.29) is 12.5 Å². The number of likely N-dealkylation sites (N-methyl/N-ethyl adjacent to an activating group) is 1. The molecule has 6 nitrogen and oxygen atoms in total. The van der Waals surface area contributed by atoms with Gasteiger partial charge in [0.15, 0.2) is 0 Å². The number of rotatable bonds is 7. The molecule has 0 bridgehead atoms. The first-order valence-electron chi connectivity index (χ1n) is 7.11. The van der Waals surface area contributed by atoms with E-state index in [9.17, 15) is 9.59 Å². The van der Waals surface area contributed by atoms with Crippen LogP contribution in [0.4, 0.5) is 10.5 Å². The number of ether oxygens (including phenoxy) is 1. The third-order valence-corrected chi connectivity index (χ3v) is 2.63. The van der Waals surface area contributed by atoms with Crippen LogP contribution >= 0.6 is 0 Å².